The average Bonchev–Trinajstić information content (AvgIpc) is 3.03. The predicted octanol–water partition coefficient (Wildman–Crippen LogP) is 5.77. The predicted molar refractivity (Wildman–Crippen MR) is 137 cm³/mol. The third-order valence-corrected chi connectivity index (χ3v) is 7.53. The minimum Gasteiger partial charge on any atom is -0.305 e. The number of carbonyl (C=O) groups excluding carboxylic acids is 3. The lowest BCUT2D eigenvalue weighted by Gasteiger charge is -2.51. The van der Waals surface area contributed by atoms with Gasteiger partial charge >= 0.3 is 0 Å². The highest BCUT2D eigenvalue weighted by molar-refractivity contribution is 6.30. The molecule has 5 rings (SSSR count). The number of carbonyl (C=O) groups is 3. The van der Waals surface area contributed by atoms with E-state index in [0.29, 0.717) is 22.6 Å². The summed E-state index contributed by atoms with van der Waals surface area (Å²) < 4.78 is 0. The molecule has 2 aliphatic rings. The normalized spacial score (nSPS) is 20.6. The van der Waals surface area contributed by atoms with Gasteiger partial charge in [-0.1, -0.05) is 54.9 Å². The Morgan fingerprint density at radius 3 is 2.11 bits per heavy atom. The molecule has 0 radical (unpaired) electrons. The van der Waals surface area contributed by atoms with Crippen LogP contribution in [0.3, 0.4) is 0 Å². The van der Waals surface area contributed by atoms with E-state index in [1.54, 1.807) is 29.2 Å². The highest BCUT2D eigenvalue weighted by Gasteiger charge is 2.48. The summed E-state index contributed by atoms with van der Waals surface area (Å²) in [5.41, 5.74) is 3.73. The van der Waals surface area contributed by atoms with E-state index in [9.17, 15) is 14.4 Å². The van der Waals surface area contributed by atoms with Crippen LogP contribution in [0.4, 0.5) is 5.69 Å². The molecule has 0 aliphatic carbocycles. The molecule has 35 heavy (non-hydrogen) atoms. The molecule has 1 unspecified atom stereocenters. The van der Waals surface area contributed by atoms with Crippen molar-refractivity contribution >= 4 is 35.0 Å². The fourth-order valence-corrected chi connectivity index (χ4v) is 5.92. The van der Waals surface area contributed by atoms with Crippen molar-refractivity contribution in [2.45, 2.75) is 45.1 Å². The van der Waals surface area contributed by atoms with Gasteiger partial charge in [-0.3, -0.25) is 19.3 Å². The van der Waals surface area contributed by atoms with Gasteiger partial charge in [0.05, 0.1) is 11.1 Å². The summed E-state index contributed by atoms with van der Waals surface area (Å²) in [5, 5.41) is 0.675. The van der Waals surface area contributed by atoms with Gasteiger partial charge in [0.25, 0.3) is 11.8 Å². The molecule has 0 saturated carbocycles. The molecule has 2 heterocycles. The highest BCUT2D eigenvalue weighted by Crippen LogP contribution is 2.50. The Hall–Kier alpha value is -3.44. The minimum absolute atomic E-state index is 0.283. The highest BCUT2D eigenvalue weighted by atomic mass is 35.5. The van der Waals surface area contributed by atoms with Gasteiger partial charge in [-0.2, -0.15) is 0 Å². The first kappa shape index (κ1) is 23.3. The van der Waals surface area contributed by atoms with Crippen LogP contribution < -0.4 is 4.90 Å². The Balaban J connectivity index is 1.56. The molecule has 0 aromatic heterocycles. The molecular formula is C29H27ClN2O3. The topological polar surface area (TPSA) is 57.7 Å². The first-order valence-corrected chi connectivity index (χ1v) is 12.1. The molecule has 3 amide bonds. The van der Waals surface area contributed by atoms with E-state index in [0.717, 1.165) is 27.3 Å². The Morgan fingerprint density at radius 2 is 1.51 bits per heavy atom. The van der Waals surface area contributed by atoms with E-state index in [1.165, 1.54) is 0 Å². The van der Waals surface area contributed by atoms with Crippen molar-refractivity contribution in [2.75, 3.05) is 11.4 Å². The number of hydrogen-bond donors (Lipinski definition) is 0. The molecule has 5 nitrogen and oxygen atoms in total. The van der Waals surface area contributed by atoms with Gasteiger partial charge in [-0.05, 0) is 74.2 Å². The van der Waals surface area contributed by atoms with Crippen molar-refractivity contribution in [3.05, 3.63) is 99.6 Å². The molecule has 0 saturated heterocycles. The molecule has 0 N–H and O–H groups in total. The summed E-state index contributed by atoms with van der Waals surface area (Å²) in [4.78, 5) is 42.5. The number of benzene rings is 3. The summed E-state index contributed by atoms with van der Waals surface area (Å²) in [6.07, 6.45) is 0.658. The number of halogens is 1. The molecule has 0 spiro atoms. The van der Waals surface area contributed by atoms with Gasteiger partial charge in [0.1, 0.15) is 6.54 Å². The first-order chi connectivity index (χ1) is 16.5. The number of nitrogens with zero attached hydrogens (tertiary/aromatic N) is 2. The van der Waals surface area contributed by atoms with Crippen LogP contribution in [0, 0.1) is 6.92 Å². The van der Waals surface area contributed by atoms with E-state index in [-0.39, 0.29) is 17.9 Å². The lowest BCUT2D eigenvalue weighted by molar-refractivity contribution is -0.120. The summed E-state index contributed by atoms with van der Waals surface area (Å²) in [5.74, 6) is -1.14. The van der Waals surface area contributed by atoms with Crippen molar-refractivity contribution in [3.8, 4) is 0 Å². The maximum Gasteiger partial charge on any atom is 0.262 e. The molecule has 6 heteroatoms. The lowest BCUT2D eigenvalue weighted by atomic mass is 9.65. The second-order valence-corrected chi connectivity index (χ2v) is 10.8. The van der Waals surface area contributed by atoms with Gasteiger partial charge in [0, 0.05) is 21.7 Å². The van der Waals surface area contributed by atoms with E-state index in [2.05, 4.69) is 19.1 Å². The number of fused-ring (bicyclic) bond motifs is 2. The number of imide groups is 1. The second-order valence-electron chi connectivity index (χ2n) is 10.3. The van der Waals surface area contributed by atoms with E-state index in [1.807, 2.05) is 51.1 Å². The minimum atomic E-state index is -0.578. The van der Waals surface area contributed by atoms with Crippen molar-refractivity contribution < 1.29 is 14.4 Å². The molecule has 178 valence electrons. The summed E-state index contributed by atoms with van der Waals surface area (Å²) >= 11 is 6.16. The van der Waals surface area contributed by atoms with Gasteiger partial charge in [0.15, 0.2) is 0 Å². The van der Waals surface area contributed by atoms with Crippen molar-refractivity contribution in [3.63, 3.8) is 0 Å². The molecule has 3 aromatic carbocycles. The van der Waals surface area contributed by atoms with E-state index in [4.69, 9.17) is 11.6 Å². The Bertz CT molecular complexity index is 1340. The van der Waals surface area contributed by atoms with Gasteiger partial charge in [-0.15, -0.1) is 0 Å². The fraction of sp³-hybridized carbons (Fsp3) is 0.276. The number of aryl methyl sites for hydroxylation is 1. The Labute approximate surface area is 210 Å². The monoisotopic (exact) mass is 486 g/mol. The van der Waals surface area contributed by atoms with Crippen LogP contribution in [0.2, 0.25) is 5.02 Å². The Kier molecular flexibility index (Phi) is 5.37. The Morgan fingerprint density at radius 1 is 0.914 bits per heavy atom. The van der Waals surface area contributed by atoms with Gasteiger partial charge < -0.3 is 4.90 Å². The SMILES string of the molecule is Cc1ccc2c(c1)N(C(=O)CN1C(=O)c3ccccc3C1=O)C(C)(C)CC2(C)c1ccc(Cl)cc1. The second kappa shape index (κ2) is 8.06. The van der Waals surface area contributed by atoms with Crippen LogP contribution >= 0.6 is 11.6 Å². The van der Waals surface area contributed by atoms with Crippen LogP contribution in [0.15, 0.2) is 66.7 Å². The average molecular weight is 487 g/mol. The standard InChI is InChI=1S/C29H27ClN2O3/c1-18-9-14-23-24(15-18)32(28(2,3)17-29(23,4)19-10-12-20(30)13-11-19)25(33)16-31-26(34)21-7-5-6-8-22(21)27(31)35/h5-15H,16-17H2,1-4H3. The van der Waals surface area contributed by atoms with Crippen molar-refractivity contribution in [1.29, 1.82) is 0 Å². The zero-order valence-corrected chi connectivity index (χ0v) is 21.0. The number of amides is 3. The first-order valence-electron chi connectivity index (χ1n) is 11.7. The van der Waals surface area contributed by atoms with E-state index < -0.39 is 17.4 Å². The molecule has 1 atom stereocenters. The number of hydrogen-bond acceptors (Lipinski definition) is 3. The van der Waals surface area contributed by atoms with Gasteiger partial charge in [-0.25, -0.2) is 0 Å². The quantitative estimate of drug-likeness (QED) is 0.442. The third-order valence-electron chi connectivity index (χ3n) is 7.28. The third kappa shape index (κ3) is 3.66. The van der Waals surface area contributed by atoms with Gasteiger partial charge in [0.2, 0.25) is 5.91 Å². The van der Waals surface area contributed by atoms with Crippen molar-refractivity contribution in [2.24, 2.45) is 0 Å². The summed E-state index contributed by atoms with van der Waals surface area (Å²) in [7, 11) is 0. The zero-order valence-electron chi connectivity index (χ0n) is 20.3. The number of anilines is 1. The smallest absolute Gasteiger partial charge is 0.262 e. The van der Waals surface area contributed by atoms with Crippen LogP contribution in [0.1, 0.15) is 64.6 Å². The molecular weight excluding hydrogens is 460 g/mol. The molecule has 3 aromatic rings. The molecule has 0 bridgehead atoms. The van der Waals surface area contributed by atoms with E-state index >= 15 is 0 Å². The maximum absolute atomic E-state index is 13.8. The lowest BCUT2D eigenvalue weighted by Crippen LogP contribution is -2.58. The fourth-order valence-electron chi connectivity index (χ4n) is 5.79. The summed E-state index contributed by atoms with van der Waals surface area (Å²) in [6, 6.07) is 20.7. The van der Waals surface area contributed by atoms with Crippen LogP contribution in [-0.2, 0) is 10.2 Å². The van der Waals surface area contributed by atoms with Crippen LogP contribution in [0.5, 0.6) is 0 Å². The molecule has 0 fully saturated rings. The molecule has 2 aliphatic heterocycles. The largest absolute Gasteiger partial charge is 0.305 e. The van der Waals surface area contributed by atoms with Crippen molar-refractivity contribution in [1.82, 2.24) is 4.90 Å². The number of rotatable bonds is 3. The van der Waals surface area contributed by atoms with Crippen LogP contribution in [-0.4, -0.2) is 34.7 Å². The maximum atomic E-state index is 13.8. The zero-order chi connectivity index (χ0) is 25.1. The van der Waals surface area contributed by atoms with Crippen LogP contribution in [0.25, 0.3) is 0 Å². The summed E-state index contributed by atoms with van der Waals surface area (Å²) in [6.45, 7) is 7.95.